The van der Waals surface area contributed by atoms with Gasteiger partial charge in [-0.15, -0.1) is 5.10 Å². The predicted molar refractivity (Wildman–Crippen MR) is 112 cm³/mol. The first-order valence-electron chi connectivity index (χ1n) is 9.22. The van der Waals surface area contributed by atoms with E-state index in [0.29, 0.717) is 16.5 Å². The Hall–Kier alpha value is -3.00. The van der Waals surface area contributed by atoms with Crippen LogP contribution in [0.1, 0.15) is 25.7 Å². The largest absolute Gasteiger partial charge is 0.343 e. The Bertz CT molecular complexity index is 882. The normalized spacial score (nSPS) is 17.3. The van der Waals surface area contributed by atoms with Crippen molar-refractivity contribution in [1.29, 1.82) is 0 Å². The van der Waals surface area contributed by atoms with Crippen LogP contribution in [0.25, 0.3) is 0 Å². The molecular weight excluding hydrogens is 374 g/mol. The van der Waals surface area contributed by atoms with Gasteiger partial charge < -0.3 is 10.6 Å². The van der Waals surface area contributed by atoms with E-state index in [2.05, 4.69) is 21.1 Å². The maximum Gasteiger partial charge on any atom is 0.343 e. The molecule has 0 atom stereocenters. The summed E-state index contributed by atoms with van der Waals surface area (Å²) in [4.78, 5) is 24.7. The summed E-state index contributed by atoms with van der Waals surface area (Å²) < 4.78 is 0. The minimum absolute atomic E-state index is 0.291. The van der Waals surface area contributed by atoms with Crippen molar-refractivity contribution in [1.82, 2.24) is 10.3 Å². The van der Waals surface area contributed by atoms with Crippen LogP contribution >= 0.6 is 11.8 Å². The number of benzene rings is 2. The smallest absolute Gasteiger partial charge is 0.308 e. The van der Waals surface area contributed by atoms with Crippen molar-refractivity contribution in [3.8, 4) is 0 Å². The van der Waals surface area contributed by atoms with E-state index in [1.165, 1.54) is 16.8 Å². The molecule has 1 heterocycles. The SMILES string of the molecule is O=C(NC1=NN(C(=O)Nc2ccccc2)C2(CCCC2)S1)Nc1ccccc1. The van der Waals surface area contributed by atoms with Crippen molar-refractivity contribution in [3.05, 3.63) is 60.7 Å². The molecule has 0 radical (unpaired) electrons. The summed E-state index contributed by atoms with van der Waals surface area (Å²) in [5.74, 6) is 0. The third kappa shape index (κ3) is 3.96. The van der Waals surface area contributed by atoms with Crippen LogP contribution in [0.2, 0.25) is 0 Å². The van der Waals surface area contributed by atoms with Crippen molar-refractivity contribution >= 4 is 40.4 Å². The number of amides is 4. The van der Waals surface area contributed by atoms with Crippen LogP contribution < -0.4 is 16.0 Å². The number of thioether (sulfide) groups is 1. The van der Waals surface area contributed by atoms with Crippen LogP contribution in [-0.2, 0) is 0 Å². The average Bonchev–Trinajstić information content (AvgIpc) is 3.30. The van der Waals surface area contributed by atoms with Gasteiger partial charge >= 0.3 is 12.1 Å². The number of hydrogen-bond acceptors (Lipinski definition) is 4. The zero-order valence-corrected chi connectivity index (χ0v) is 16.0. The van der Waals surface area contributed by atoms with Crippen LogP contribution in [-0.4, -0.2) is 27.1 Å². The minimum Gasteiger partial charge on any atom is -0.308 e. The number of anilines is 2. The highest BCUT2D eigenvalue weighted by Gasteiger charge is 2.49. The highest BCUT2D eigenvalue weighted by molar-refractivity contribution is 8.15. The van der Waals surface area contributed by atoms with E-state index in [0.717, 1.165) is 25.7 Å². The summed E-state index contributed by atoms with van der Waals surface area (Å²) in [7, 11) is 0. The van der Waals surface area contributed by atoms with E-state index in [4.69, 9.17) is 0 Å². The van der Waals surface area contributed by atoms with Gasteiger partial charge in [-0.05, 0) is 37.1 Å². The van der Waals surface area contributed by atoms with E-state index in [1.54, 1.807) is 12.1 Å². The Morgan fingerprint density at radius 3 is 2.04 bits per heavy atom. The van der Waals surface area contributed by atoms with Crippen molar-refractivity contribution in [3.63, 3.8) is 0 Å². The third-order valence-electron chi connectivity index (χ3n) is 4.72. The van der Waals surface area contributed by atoms with E-state index in [9.17, 15) is 9.59 Å². The highest BCUT2D eigenvalue weighted by atomic mass is 32.2. The summed E-state index contributed by atoms with van der Waals surface area (Å²) in [6.45, 7) is 0. The van der Waals surface area contributed by atoms with Crippen LogP contribution in [0, 0.1) is 0 Å². The number of nitrogens with one attached hydrogen (secondary N) is 3. The minimum atomic E-state index is -0.436. The van der Waals surface area contributed by atoms with Crippen LogP contribution in [0.15, 0.2) is 65.8 Å². The zero-order valence-electron chi connectivity index (χ0n) is 15.2. The molecule has 1 spiro atoms. The lowest BCUT2D eigenvalue weighted by Crippen LogP contribution is -2.43. The van der Waals surface area contributed by atoms with E-state index in [-0.39, 0.29) is 12.1 Å². The highest BCUT2D eigenvalue weighted by Crippen LogP contribution is 2.48. The molecule has 1 fully saturated rings. The molecule has 144 valence electrons. The van der Waals surface area contributed by atoms with Gasteiger partial charge in [0.05, 0.1) is 0 Å². The molecule has 2 aromatic rings. The molecule has 1 aliphatic heterocycles. The maximum atomic E-state index is 12.9. The van der Waals surface area contributed by atoms with Gasteiger partial charge in [0.25, 0.3) is 0 Å². The van der Waals surface area contributed by atoms with Gasteiger partial charge in [-0.1, -0.05) is 61.0 Å². The average molecular weight is 395 g/mol. The first kappa shape index (κ1) is 18.4. The molecule has 0 bridgehead atoms. The molecule has 4 rings (SSSR count). The number of carbonyl (C=O) groups is 2. The zero-order chi connectivity index (χ0) is 19.4. The second-order valence-electron chi connectivity index (χ2n) is 6.71. The van der Waals surface area contributed by atoms with Gasteiger partial charge in [-0.2, -0.15) is 5.01 Å². The molecule has 0 saturated heterocycles. The molecule has 0 unspecified atom stereocenters. The number of rotatable bonds is 2. The number of hydrogen-bond donors (Lipinski definition) is 3. The summed E-state index contributed by atoms with van der Waals surface area (Å²) >= 11 is 1.45. The van der Waals surface area contributed by atoms with Gasteiger partial charge in [-0.3, -0.25) is 5.32 Å². The Labute approximate surface area is 167 Å². The number of amidine groups is 1. The number of para-hydroxylation sites is 2. The second-order valence-corrected chi connectivity index (χ2v) is 8.06. The van der Waals surface area contributed by atoms with Crippen molar-refractivity contribution in [2.45, 2.75) is 30.6 Å². The Balaban J connectivity index is 1.47. The third-order valence-corrected chi connectivity index (χ3v) is 6.06. The standard InChI is InChI=1S/C20H21N5O2S/c26-17(21-15-9-3-1-4-10-15)23-18-24-25(20(28-18)13-7-8-14-20)19(27)22-16-11-5-2-6-12-16/h1-6,9-12H,7-8,13-14H2,(H,22,27)(H2,21,23,24,26). The lowest BCUT2D eigenvalue weighted by molar-refractivity contribution is 0.183. The summed E-state index contributed by atoms with van der Waals surface area (Å²) in [6, 6.07) is 17.8. The lowest BCUT2D eigenvalue weighted by atomic mass is 10.2. The van der Waals surface area contributed by atoms with Crippen LogP contribution in [0.3, 0.4) is 0 Å². The molecule has 1 aliphatic carbocycles. The van der Waals surface area contributed by atoms with Gasteiger partial charge in [0.2, 0.25) is 0 Å². The monoisotopic (exact) mass is 395 g/mol. The first-order chi connectivity index (χ1) is 13.6. The van der Waals surface area contributed by atoms with E-state index in [1.807, 2.05) is 48.5 Å². The summed E-state index contributed by atoms with van der Waals surface area (Å²) in [6.07, 6.45) is 3.74. The Morgan fingerprint density at radius 2 is 1.43 bits per heavy atom. The summed E-state index contributed by atoms with van der Waals surface area (Å²) in [5.41, 5.74) is 1.40. The van der Waals surface area contributed by atoms with Crippen LogP contribution in [0.4, 0.5) is 21.0 Å². The van der Waals surface area contributed by atoms with Gasteiger partial charge in [0, 0.05) is 11.4 Å². The molecule has 2 aliphatic rings. The maximum absolute atomic E-state index is 12.9. The molecule has 8 heteroatoms. The van der Waals surface area contributed by atoms with Gasteiger partial charge in [-0.25, -0.2) is 9.59 Å². The Kier molecular flexibility index (Phi) is 5.21. The predicted octanol–water partition coefficient (Wildman–Crippen LogP) is 4.63. The van der Waals surface area contributed by atoms with Crippen LogP contribution in [0.5, 0.6) is 0 Å². The quantitative estimate of drug-likeness (QED) is 0.693. The number of nitrogens with zero attached hydrogens (tertiary/aromatic N) is 2. The molecule has 3 N–H and O–H groups in total. The molecule has 1 saturated carbocycles. The molecule has 7 nitrogen and oxygen atoms in total. The topological polar surface area (TPSA) is 85.8 Å². The van der Waals surface area contributed by atoms with E-state index < -0.39 is 4.87 Å². The molecular formula is C20H21N5O2S. The van der Waals surface area contributed by atoms with Crippen molar-refractivity contribution in [2.75, 3.05) is 10.6 Å². The fourth-order valence-electron chi connectivity index (χ4n) is 3.43. The fourth-order valence-corrected chi connectivity index (χ4v) is 4.76. The second kappa shape index (κ2) is 7.93. The molecule has 28 heavy (non-hydrogen) atoms. The molecule has 4 amide bonds. The first-order valence-corrected chi connectivity index (χ1v) is 10.0. The van der Waals surface area contributed by atoms with Crippen molar-refractivity contribution in [2.24, 2.45) is 5.10 Å². The van der Waals surface area contributed by atoms with Gasteiger partial charge in [0.15, 0.2) is 5.17 Å². The number of hydrazone groups is 1. The fraction of sp³-hybridized carbons (Fsp3) is 0.250. The van der Waals surface area contributed by atoms with E-state index >= 15 is 0 Å². The number of urea groups is 2. The van der Waals surface area contributed by atoms with Gasteiger partial charge in [0.1, 0.15) is 4.87 Å². The lowest BCUT2D eigenvalue weighted by Gasteiger charge is -2.30. The molecule has 0 aromatic heterocycles. The summed E-state index contributed by atoms with van der Waals surface area (Å²) in [5, 5.41) is 14.8. The number of carbonyl (C=O) groups excluding carboxylic acids is 2. The van der Waals surface area contributed by atoms with Crippen molar-refractivity contribution < 1.29 is 9.59 Å². The Morgan fingerprint density at radius 1 is 0.857 bits per heavy atom. The molecule has 2 aromatic carbocycles.